The smallest absolute Gasteiger partial charge is 0.266 e. The Morgan fingerprint density at radius 2 is 1.03 bits per heavy atom. The molecule has 1 aliphatic rings. The molecule has 0 N–H and O–H groups in total. The van der Waals surface area contributed by atoms with Crippen LogP contribution in [-0.2, 0) is 10.8 Å². The topological polar surface area (TPSA) is 3.24 Å². The van der Waals surface area contributed by atoms with E-state index in [0.29, 0.717) is 0 Å². The number of halogens is 2. The number of rotatable bonds is 4. The van der Waals surface area contributed by atoms with Crippen LogP contribution in [0.1, 0.15) is 49.9 Å². The molecule has 1 aliphatic carbocycles. The second-order valence-corrected chi connectivity index (χ2v) is 11.0. The zero-order valence-electron chi connectivity index (χ0n) is 21.9. The molecule has 0 saturated heterocycles. The molecule has 0 atom stereocenters. The van der Waals surface area contributed by atoms with Crippen LogP contribution >= 0.6 is 0 Å². The second-order valence-electron chi connectivity index (χ2n) is 11.0. The van der Waals surface area contributed by atoms with Crippen molar-refractivity contribution >= 4 is 17.1 Å². The lowest BCUT2D eigenvalue weighted by Crippen LogP contribution is -2.46. The predicted molar refractivity (Wildman–Crippen MR) is 147 cm³/mol. The Balaban J connectivity index is 1.58. The highest BCUT2D eigenvalue weighted by Gasteiger charge is 2.65. The first-order valence-electron chi connectivity index (χ1n) is 12.5. The zero-order chi connectivity index (χ0) is 25.9. The van der Waals surface area contributed by atoms with E-state index in [-0.39, 0.29) is 0 Å². The molecule has 3 heteroatoms. The molecule has 36 heavy (non-hydrogen) atoms. The molecule has 0 aromatic heterocycles. The Bertz CT molecular complexity index is 1390. The maximum atomic E-state index is 15.4. The Hall–Kier alpha value is -3.46. The van der Waals surface area contributed by atoms with Gasteiger partial charge in [-0.2, -0.15) is 0 Å². The summed E-state index contributed by atoms with van der Waals surface area (Å²) in [7, 11) is 0. The van der Waals surface area contributed by atoms with Gasteiger partial charge in [-0.25, -0.2) is 8.78 Å². The number of benzene rings is 4. The average molecular weight is 482 g/mol. The van der Waals surface area contributed by atoms with Crippen LogP contribution in [0.2, 0.25) is 0 Å². The Labute approximate surface area is 213 Å². The minimum absolute atomic E-state index is 0.737. The summed E-state index contributed by atoms with van der Waals surface area (Å²) in [5.41, 5.74) is 6.71. The molecule has 1 nitrogen and oxygen atoms in total. The number of nitrogens with zero attached hydrogens (tertiary/aromatic N) is 1. The van der Waals surface area contributed by atoms with Gasteiger partial charge in [0.05, 0.1) is 10.8 Å². The molecule has 0 bridgehead atoms. The van der Waals surface area contributed by atoms with Crippen molar-refractivity contribution in [2.45, 2.75) is 58.3 Å². The first-order valence-corrected chi connectivity index (χ1v) is 12.5. The third-order valence-corrected chi connectivity index (χ3v) is 8.11. The molecule has 4 aromatic carbocycles. The molecule has 0 aliphatic heterocycles. The minimum Gasteiger partial charge on any atom is -0.310 e. The van der Waals surface area contributed by atoms with E-state index < -0.39 is 16.8 Å². The molecule has 0 unspecified atom stereocenters. The maximum absolute atomic E-state index is 15.4. The van der Waals surface area contributed by atoms with Crippen molar-refractivity contribution in [1.29, 1.82) is 0 Å². The van der Waals surface area contributed by atoms with Gasteiger partial charge in [0.25, 0.3) is 5.92 Å². The highest BCUT2D eigenvalue weighted by atomic mass is 19.3. The second kappa shape index (κ2) is 8.30. The molecule has 0 fully saturated rings. The van der Waals surface area contributed by atoms with Gasteiger partial charge >= 0.3 is 0 Å². The number of hydrogen-bond acceptors (Lipinski definition) is 1. The van der Waals surface area contributed by atoms with E-state index in [1.165, 1.54) is 11.1 Å². The summed E-state index contributed by atoms with van der Waals surface area (Å²) in [6, 6.07) is 31.0. The molecular formula is C33H33F2N. The zero-order valence-corrected chi connectivity index (χ0v) is 21.9. The van der Waals surface area contributed by atoms with Crippen molar-refractivity contribution in [3.63, 3.8) is 0 Å². The fourth-order valence-electron chi connectivity index (χ4n) is 5.74. The van der Waals surface area contributed by atoms with Gasteiger partial charge in [-0.15, -0.1) is 0 Å². The molecule has 0 amide bonds. The SMILES string of the molecule is Cc1ccccc1N(c1ccc(-c2ccc3c(c2)C(C)(C)C(F)(F)C3(C)C)cc1)c1ccccc1C. The van der Waals surface area contributed by atoms with Gasteiger partial charge in [0, 0.05) is 17.1 Å². The van der Waals surface area contributed by atoms with Crippen molar-refractivity contribution in [2.24, 2.45) is 0 Å². The first kappa shape index (κ1) is 24.2. The summed E-state index contributed by atoms with van der Waals surface area (Å²) in [5, 5.41) is 0. The number of para-hydroxylation sites is 2. The van der Waals surface area contributed by atoms with Gasteiger partial charge < -0.3 is 4.90 Å². The van der Waals surface area contributed by atoms with Crippen molar-refractivity contribution in [3.05, 3.63) is 113 Å². The predicted octanol–water partition coefficient (Wildman–Crippen LogP) is 9.64. The van der Waals surface area contributed by atoms with Gasteiger partial charge in [-0.3, -0.25) is 0 Å². The quantitative estimate of drug-likeness (QED) is 0.280. The lowest BCUT2D eigenvalue weighted by molar-refractivity contribution is -0.105. The maximum Gasteiger partial charge on any atom is 0.266 e. The average Bonchev–Trinajstić information content (AvgIpc) is 2.96. The number of fused-ring (bicyclic) bond motifs is 1. The van der Waals surface area contributed by atoms with E-state index >= 15 is 8.78 Å². The number of aryl methyl sites for hydroxylation is 2. The van der Waals surface area contributed by atoms with E-state index in [1.807, 2.05) is 18.2 Å². The molecule has 0 saturated carbocycles. The van der Waals surface area contributed by atoms with Crippen LogP contribution in [-0.4, -0.2) is 5.92 Å². The number of anilines is 3. The van der Waals surface area contributed by atoms with E-state index in [4.69, 9.17) is 0 Å². The van der Waals surface area contributed by atoms with E-state index in [9.17, 15) is 0 Å². The molecule has 184 valence electrons. The minimum atomic E-state index is -2.83. The summed E-state index contributed by atoms with van der Waals surface area (Å²) >= 11 is 0. The number of alkyl halides is 2. The standard InChI is InChI=1S/C33H33F2N/c1-22-11-7-9-13-29(22)36(30-14-10-8-12-23(30)2)26-18-15-24(16-19-26)25-17-20-27-28(21-25)32(5,6)33(34,35)31(27,3)4/h7-21H,1-6H3. The van der Waals surface area contributed by atoms with Crippen LogP contribution in [0.15, 0.2) is 91.0 Å². The third kappa shape index (κ3) is 3.48. The first-order chi connectivity index (χ1) is 17.0. The van der Waals surface area contributed by atoms with Crippen LogP contribution < -0.4 is 4.90 Å². The molecule has 4 aromatic rings. The van der Waals surface area contributed by atoms with Gasteiger partial charge in [0.2, 0.25) is 0 Å². The fraction of sp³-hybridized carbons (Fsp3) is 0.273. The van der Waals surface area contributed by atoms with Gasteiger partial charge in [-0.05, 0) is 99.2 Å². The van der Waals surface area contributed by atoms with Crippen LogP contribution in [0, 0.1) is 13.8 Å². The summed E-state index contributed by atoms with van der Waals surface area (Å²) < 4.78 is 30.7. The monoisotopic (exact) mass is 481 g/mol. The van der Waals surface area contributed by atoms with Crippen molar-refractivity contribution in [2.75, 3.05) is 4.90 Å². The molecule has 0 spiro atoms. The molecular weight excluding hydrogens is 448 g/mol. The van der Waals surface area contributed by atoms with Crippen LogP contribution in [0.4, 0.5) is 25.8 Å². The summed E-state index contributed by atoms with van der Waals surface area (Å²) in [5.74, 6) is -2.83. The van der Waals surface area contributed by atoms with Gasteiger partial charge in [0.1, 0.15) is 0 Å². The van der Waals surface area contributed by atoms with Crippen LogP contribution in [0.3, 0.4) is 0 Å². The Morgan fingerprint density at radius 3 is 1.56 bits per heavy atom. The van der Waals surface area contributed by atoms with Crippen molar-refractivity contribution in [1.82, 2.24) is 0 Å². The van der Waals surface area contributed by atoms with E-state index in [0.717, 1.165) is 39.3 Å². The van der Waals surface area contributed by atoms with Gasteiger partial charge in [-0.1, -0.05) is 66.7 Å². The largest absolute Gasteiger partial charge is 0.310 e. The highest BCUT2D eigenvalue weighted by Crippen LogP contribution is 2.59. The number of hydrogen-bond donors (Lipinski definition) is 0. The van der Waals surface area contributed by atoms with E-state index in [2.05, 4.69) is 91.5 Å². The normalized spacial score (nSPS) is 17.0. The lowest BCUT2D eigenvalue weighted by Gasteiger charge is -2.35. The summed E-state index contributed by atoms with van der Waals surface area (Å²) in [6.45, 7) is 10.9. The van der Waals surface area contributed by atoms with Crippen LogP contribution in [0.5, 0.6) is 0 Å². The van der Waals surface area contributed by atoms with Crippen LogP contribution in [0.25, 0.3) is 11.1 Å². The molecule has 5 rings (SSSR count). The van der Waals surface area contributed by atoms with Gasteiger partial charge in [0.15, 0.2) is 0 Å². The van der Waals surface area contributed by atoms with Crippen molar-refractivity contribution in [3.8, 4) is 11.1 Å². The van der Waals surface area contributed by atoms with E-state index in [1.54, 1.807) is 27.7 Å². The Kier molecular flexibility index (Phi) is 5.59. The molecule has 0 radical (unpaired) electrons. The fourth-order valence-corrected chi connectivity index (χ4v) is 5.74. The Morgan fingerprint density at radius 1 is 0.556 bits per heavy atom. The summed E-state index contributed by atoms with van der Waals surface area (Å²) in [6.07, 6.45) is 0. The molecule has 0 heterocycles. The third-order valence-electron chi connectivity index (χ3n) is 8.11. The lowest BCUT2D eigenvalue weighted by atomic mass is 9.77. The van der Waals surface area contributed by atoms with Crippen molar-refractivity contribution < 1.29 is 8.78 Å². The summed E-state index contributed by atoms with van der Waals surface area (Å²) in [4.78, 5) is 2.28. The highest BCUT2D eigenvalue weighted by molar-refractivity contribution is 5.81.